The molecule has 82 valence electrons. The molecule has 0 aliphatic heterocycles. The molecule has 14 heavy (non-hydrogen) atoms. The van der Waals surface area contributed by atoms with E-state index in [0.717, 1.165) is 19.4 Å². The zero-order valence-electron chi connectivity index (χ0n) is 9.25. The smallest absolute Gasteiger partial charge is 0.222 e. The molecule has 1 amide bonds. The maximum absolute atomic E-state index is 11.5. The molecular weight excluding hydrogens is 176 g/mol. The third-order valence-electron chi connectivity index (χ3n) is 3.32. The van der Waals surface area contributed by atoms with Gasteiger partial charge in [0.05, 0.1) is 0 Å². The van der Waals surface area contributed by atoms with Gasteiger partial charge in [-0.3, -0.25) is 4.79 Å². The van der Waals surface area contributed by atoms with Gasteiger partial charge in [-0.2, -0.15) is 0 Å². The summed E-state index contributed by atoms with van der Waals surface area (Å²) in [5, 5.41) is 2.99. The van der Waals surface area contributed by atoms with E-state index >= 15 is 0 Å². The van der Waals surface area contributed by atoms with Crippen molar-refractivity contribution in [3.63, 3.8) is 0 Å². The molecule has 0 spiro atoms. The van der Waals surface area contributed by atoms with E-state index in [1.54, 1.807) is 0 Å². The van der Waals surface area contributed by atoms with Crippen molar-refractivity contribution in [1.29, 1.82) is 0 Å². The maximum Gasteiger partial charge on any atom is 0.222 e. The van der Waals surface area contributed by atoms with Crippen molar-refractivity contribution >= 4 is 5.91 Å². The van der Waals surface area contributed by atoms with Crippen LogP contribution in [0.4, 0.5) is 0 Å². The van der Waals surface area contributed by atoms with Gasteiger partial charge in [0.25, 0.3) is 0 Å². The van der Waals surface area contributed by atoms with Crippen molar-refractivity contribution in [1.82, 2.24) is 5.32 Å². The summed E-state index contributed by atoms with van der Waals surface area (Å²) in [6, 6.07) is 0.298. The molecule has 1 fully saturated rings. The normalized spacial score (nSPS) is 28.8. The Morgan fingerprint density at radius 3 is 2.79 bits per heavy atom. The first-order valence-electron chi connectivity index (χ1n) is 5.68. The van der Waals surface area contributed by atoms with Crippen LogP contribution in [0.1, 0.15) is 39.5 Å². The second-order valence-corrected chi connectivity index (χ2v) is 4.41. The van der Waals surface area contributed by atoms with Crippen molar-refractivity contribution in [2.24, 2.45) is 17.6 Å². The van der Waals surface area contributed by atoms with Crippen LogP contribution in [0.15, 0.2) is 0 Å². The largest absolute Gasteiger partial charge is 0.356 e. The molecule has 1 saturated carbocycles. The summed E-state index contributed by atoms with van der Waals surface area (Å²) in [7, 11) is 0. The van der Waals surface area contributed by atoms with Gasteiger partial charge in [-0.1, -0.05) is 20.3 Å². The van der Waals surface area contributed by atoms with E-state index in [2.05, 4.69) is 5.32 Å². The second kappa shape index (κ2) is 5.35. The first kappa shape index (κ1) is 11.5. The fourth-order valence-electron chi connectivity index (χ4n) is 1.91. The molecule has 0 aromatic rings. The topological polar surface area (TPSA) is 55.1 Å². The summed E-state index contributed by atoms with van der Waals surface area (Å²) in [5.74, 6) is 0.808. The lowest BCUT2D eigenvalue weighted by atomic mass is 10.0. The monoisotopic (exact) mass is 198 g/mol. The molecule has 0 aromatic carbocycles. The first-order valence-corrected chi connectivity index (χ1v) is 5.68. The number of nitrogens with two attached hydrogens (primary N) is 1. The average Bonchev–Trinajstić information content (AvgIpc) is 2.59. The van der Waals surface area contributed by atoms with Crippen LogP contribution in [0.2, 0.25) is 0 Å². The van der Waals surface area contributed by atoms with E-state index < -0.39 is 0 Å². The predicted molar refractivity (Wildman–Crippen MR) is 57.8 cm³/mol. The van der Waals surface area contributed by atoms with Gasteiger partial charge in [0.2, 0.25) is 5.91 Å². The highest BCUT2D eigenvalue weighted by molar-refractivity contribution is 5.78. The van der Waals surface area contributed by atoms with Crippen molar-refractivity contribution in [2.45, 2.75) is 45.6 Å². The van der Waals surface area contributed by atoms with Crippen molar-refractivity contribution < 1.29 is 4.79 Å². The number of carbonyl (C=O) groups is 1. The van der Waals surface area contributed by atoms with Crippen LogP contribution in [0.25, 0.3) is 0 Å². The molecule has 3 unspecified atom stereocenters. The second-order valence-electron chi connectivity index (χ2n) is 4.41. The number of carbonyl (C=O) groups excluding carboxylic acids is 1. The Balaban J connectivity index is 2.22. The highest BCUT2D eigenvalue weighted by Gasteiger charge is 2.24. The summed E-state index contributed by atoms with van der Waals surface area (Å²) in [6.45, 7) is 4.76. The number of hydrogen-bond acceptors (Lipinski definition) is 2. The van der Waals surface area contributed by atoms with Crippen LogP contribution in [0.5, 0.6) is 0 Å². The Morgan fingerprint density at radius 1 is 1.57 bits per heavy atom. The molecule has 0 aromatic heterocycles. The molecule has 1 rings (SSSR count). The predicted octanol–water partition coefficient (Wildman–Crippen LogP) is 1.28. The van der Waals surface area contributed by atoms with Crippen LogP contribution in [-0.4, -0.2) is 18.5 Å². The Kier molecular flexibility index (Phi) is 4.39. The van der Waals surface area contributed by atoms with Crippen LogP contribution < -0.4 is 11.1 Å². The van der Waals surface area contributed by atoms with Gasteiger partial charge in [-0.25, -0.2) is 0 Å². The Bertz CT molecular complexity index is 194. The molecule has 0 heterocycles. The minimum Gasteiger partial charge on any atom is -0.356 e. The molecule has 3 nitrogen and oxygen atoms in total. The van der Waals surface area contributed by atoms with E-state index in [1.165, 1.54) is 12.8 Å². The minimum atomic E-state index is 0.132. The zero-order valence-corrected chi connectivity index (χ0v) is 9.25. The summed E-state index contributed by atoms with van der Waals surface area (Å²) < 4.78 is 0. The van der Waals surface area contributed by atoms with Crippen molar-refractivity contribution in [3.8, 4) is 0 Å². The van der Waals surface area contributed by atoms with Crippen LogP contribution in [0.3, 0.4) is 0 Å². The highest BCUT2D eigenvalue weighted by atomic mass is 16.1. The number of amides is 1. The van der Waals surface area contributed by atoms with Gasteiger partial charge < -0.3 is 11.1 Å². The number of rotatable bonds is 4. The van der Waals surface area contributed by atoms with Gasteiger partial charge in [-0.05, 0) is 25.2 Å². The van der Waals surface area contributed by atoms with E-state index in [4.69, 9.17) is 5.73 Å². The standard InChI is InChI=1S/C11H22N2O/c1-3-8(2)11(14)13-7-9-5-4-6-10(9)12/h8-10H,3-7,12H2,1-2H3,(H,13,14). The van der Waals surface area contributed by atoms with Gasteiger partial charge in [-0.15, -0.1) is 0 Å². The van der Waals surface area contributed by atoms with Crippen molar-refractivity contribution in [2.75, 3.05) is 6.54 Å². The van der Waals surface area contributed by atoms with E-state index in [1.807, 2.05) is 13.8 Å². The molecular formula is C11H22N2O. The van der Waals surface area contributed by atoms with Gasteiger partial charge >= 0.3 is 0 Å². The lowest BCUT2D eigenvalue weighted by Gasteiger charge is -2.17. The van der Waals surface area contributed by atoms with Crippen LogP contribution in [0, 0.1) is 11.8 Å². The van der Waals surface area contributed by atoms with Crippen LogP contribution >= 0.6 is 0 Å². The molecule has 0 saturated heterocycles. The summed E-state index contributed by atoms with van der Waals surface area (Å²) in [6.07, 6.45) is 4.40. The Hall–Kier alpha value is -0.570. The molecule has 3 atom stereocenters. The van der Waals surface area contributed by atoms with E-state index in [-0.39, 0.29) is 11.8 Å². The third kappa shape index (κ3) is 2.98. The molecule has 0 bridgehead atoms. The Morgan fingerprint density at radius 2 is 2.29 bits per heavy atom. The summed E-state index contributed by atoms with van der Waals surface area (Å²) in [4.78, 5) is 11.5. The molecule has 1 aliphatic rings. The van der Waals surface area contributed by atoms with E-state index in [0.29, 0.717) is 12.0 Å². The number of hydrogen-bond donors (Lipinski definition) is 2. The van der Waals surface area contributed by atoms with Gasteiger partial charge in [0.15, 0.2) is 0 Å². The van der Waals surface area contributed by atoms with Gasteiger partial charge in [0.1, 0.15) is 0 Å². The molecule has 3 N–H and O–H groups in total. The lowest BCUT2D eigenvalue weighted by Crippen LogP contribution is -2.38. The fraction of sp³-hybridized carbons (Fsp3) is 0.909. The lowest BCUT2D eigenvalue weighted by molar-refractivity contribution is -0.124. The van der Waals surface area contributed by atoms with E-state index in [9.17, 15) is 4.79 Å². The highest BCUT2D eigenvalue weighted by Crippen LogP contribution is 2.23. The quantitative estimate of drug-likeness (QED) is 0.715. The summed E-state index contributed by atoms with van der Waals surface area (Å²) >= 11 is 0. The molecule has 1 aliphatic carbocycles. The fourth-order valence-corrected chi connectivity index (χ4v) is 1.91. The minimum absolute atomic E-state index is 0.132. The summed E-state index contributed by atoms with van der Waals surface area (Å²) in [5.41, 5.74) is 5.92. The molecule has 3 heteroatoms. The SMILES string of the molecule is CCC(C)C(=O)NCC1CCCC1N. The van der Waals surface area contributed by atoms with Gasteiger partial charge in [0, 0.05) is 18.5 Å². The zero-order chi connectivity index (χ0) is 10.6. The van der Waals surface area contributed by atoms with Crippen molar-refractivity contribution in [3.05, 3.63) is 0 Å². The third-order valence-corrected chi connectivity index (χ3v) is 3.32. The Labute approximate surface area is 86.4 Å². The molecule has 0 radical (unpaired) electrons. The maximum atomic E-state index is 11.5. The van der Waals surface area contributed by atoms with Crippen LogP contribution in [-0.2, 0) is 4.79 Å². The first-order chi connectivity index (χ1) is 6.65. The number of nitrogens with one attached hydrogen (secondary N) is 1. The average molecular weight is 198 g/mol.